The van der Waals surface area contributed by atoms with Gasteiger partial charge in [0.25, 0.3) is 0 Å². The molecule has 0 radical (unpaired) electrons. The van der Waals surface area contributed by atoms with Crippen LogP contribution in [-0.4, -0.2) is 65.8 Å². The number of carbonyl (C=O) groups excluding carboxylic acids is 1. The fourth-order valence-electron chi connectivity index (χ4n) is 3.14. The van der Waals surface area contributed by atoms with Crippen molar-refractivity contribution in [1.82, 2.24) is 14.9 Å². The van der Waals surface area contributed by atoms with Gasteiger partial charge in [0.2, 0.25) is 11.6 Å². The molecule has 1 aliphatic rings. The van der Waals surface area contributed by atoms with Crippen molar-refractivity contribution in [2.45, 2.75) is 13.5 Å². The largest absolute Gasteiger partial charge is 0.497 e. The Balaban J connectivity index is 1.73. The Hall–Kier alpha value is -3.63. The van der Waals surface area contributed by atoms with E-state index in [0.29, 0.717) is 39.3 Å². The first-order chi connectivity index (χ1) is 14.5. The van der Waals surface area contributed by atoms with Gasteiger partial charge in [0.1, 0.15) is 12.1 Å². The molecule has 0 spiro atoms. The van der Waals surface area contributed by atoms with Crippen LogP contribution < -0.4 is 15.0 Å². The molecule has 1 aromatic heterocycles. The quantitative estimate of drug-likeness (QED) is 0.535. The molecule has 1 aliphatic heterocycles. The number of nitro groups is 1. The lowest BCUT2D eigenvalue weighted by molar-refractivity contribution is -0.383. The lowest BCUT2D eigenvalue weighted by Gasteiger charge is -2.34. The highest BCUT2D eigenvalue weighted by Crippen LogP contribution is 2.32. The standard InChI is InChI=1S/C19H24N6O5/c1-3-30-19(26)24-10-8-23(9-11-24)18-16(25(27)28)17(21-13-22-18)20-12-14-4-6-15(29-2)7-5-14/h4-7,13H,3,8-12H2,1-2H3,(H,20,21,22). The maximum Gasteiger partial charge on any atom is 0.409 e. The number of aromatic nitrogens is 2. The fraction of sp³-hybridized carbons (Fsp3) is 0.421. The smallest absolute Gasteiger partial charge is 0.409 e. The Bertz CT molecular complexity index is 883. The van der Waals surface area contributed by atoms with Crippen molar-refractivity contribution in [3.63, 3.8) is 0 Å². The second-order valence-electron chi connectivity index (χ2n) is 6.53. The van der Waals surface area contributed by atoms with E-state index in [1.807, 2.05) is 24.3 Å². The Kier molecular flexibility index (Phi) is 6.83. The van der Waals surface area contributed by atoms with Crippen molar-refractivity contribution in [3.8, 4) is 5.75 Å². The van der Waals surface area contributed by atoms with Crippen LogP contribution in [0.3, 0.4) is 0 Å². The van der Waals surface area contributed by atoms with Gasteiger partial charge in [-0.05, 0) is 24.6 Å². The number of hydrogen-bond acceptors (Lipinski definition) is 9. The highest BCUT2D eigenvalue weighted by molar-refractivity contribution is 5.71. The predicted molar refractivity (Wildman–Crippen MR) is 110 cm³/mol. The number of rotatable bonds is 7. The normalized spacial score (nSPS) is 13.7. The van der Waals surface area contributed by atoms with Crippen LogP contribution in [-0.2, 0) is 11.3 Å². The summed E-state index contributed by atoms with van der Waals surface area (Å²) in [5.41, 5.74) is 0.740. The first-order valence-corrected chi connectivity index (χ1v) is 9.56. The van der Waals surface area contributed by atoms with E-state index < -0.39 is 4.92 Å². The van der Waals surface area contributed by atoms with Crippen molar-refractivity contribution in [1.29, 1.82) is 0 Å². The summed E-state index contributed by atoms with van der Waals surface area (Å²) in [6.07, 6.45) is 0.923. The summed E-state index contributed by atoms with van der Waals surface area (Å²) in [6, 6.07) is 7.38. The van der Waals surface area contributed by atoms with Gasteiger partial charge in [-0.2, -0.15) is 0 Å². The highest BCUT2D eigenvalue weighted by Gasteiger charge is 2.30. The maximum atomic E-state index is 11.9. The minimum absolute atomic E-state index is 0.147. The third-order valence-corrected chi connectivity index (χ3v) is 4.71. The molecule has 160 valence electrons. The van der Waals surface area contributed by atoms with Gasteiger partial charge >= 0.3 is 11.8 Å². The van der Waals surface area contributed by atoms with Crippen LogP contribution in [0.4, 0.5) is 22.1 Å². The van der Waals surface area contributed by atoms with E-state index in [2.05, 4.69) is 15.3 Å². The molecule has 1 fully saturated rings. The first kappa shape index (κ1) is 21.1. The zero-order valence-corrected chi connectivity index (χ0v) is 16.9. The van der Waals surface area contributed by atoms with Crippen LogP contribution >= 0.6 is 0 Å². The van der Waals surface area contributed by atoms with Crippen molar-refractivity contribution in [2.24, 2.45) is 0 Å². The van der Waals surface area contributed by atoms with Gasteiger partial charge in [-0.15, -0.1) is 0 Å². The van der Waals surface area contributed by atoms with Crippen LogP contribution in [0.1, 0.15) is 12.5 Å². The van der Waals surface area contributed by atoms with Gasteiger partial charge < -0.3 is 24.6 Å². The average Bonchev–Trinajstić information content (AvgIpc) is 2.78. The summed E-state index contributed by atoms with van der Waals surface area (Å²) in [5, 5.41) is 14.8. The zero-order chi connectivity index (χ0) is 21.5. The average molecular weight is 416 g/mol. The first-order valence-electron chi connectivity index (χ1n) is 9.56. The second kappa shape index (κ2) is 9.72. The fourth-order valence-corrected chi connectivity index (χ4v) is 3.14. The number of amides is 1. The molecule has 1 N–H and O–H groups in total. The zero-order valence-electron chi connectivity index (χ0n) is 16.9. The molecule has 11 nitrogen and oxygen atoms in total. The minimum Gasteiger partial charge on any atom is -0.497 e. The Morgan fingerprint density at radius 2 is 1.90 bits per heavy atom. The van der Waals surface area contributed by atoms with Gasteiger partial charge in [0.15, 0.2) is 0 Å². The summed E-state index contributed by atoms with van der Waals surface area (Å²) < 4.78 is 10.1. The molecular weight excluding hydrogens is 392 g/mol. The molecule has 0 aliphatic carbocycles. The topological polar surface area (TPSA) is 123 Å². The molecule has 0 unspecified atom stereocenters. The lowest BCUT2D eigenvalue weighted by atomic mass is 10.2. The second-order valence-corrected chi connectivity index (χ2v) is 6.53. The molecule has 1 saturated heterocycles. The summed E-state index contributed by atoms with van der Waals surface area (Å²) in [5.74, 6) is 1.11. The molecule has 0 atom stereocenters. The number of carbonyl (C=O) groups is 1. The summed E-state index contributed by atoms with van der Waals surface area (Å²) in [4.78, 5) is 34.8. The number of anilines is 2. The van der Waals surface area contributed by atoms with Crippen LogP contribution in [0.5, 0.6) is 5.75 Å². The molecule has 2 aromatic rings. The number of nitrogens with one attached hydrogen (secondary N) is 1. The van der Waals surface area contributed by atoms with E-state index in [1.165, 1.54) is 6.33 Å². The maximum absolute atomic E-state index is 11.9. The highest BCUT2D eigenvalue weighted by atomic mass is 16.6. The number of benzene rings is 1. The number of methoxy groups -OCH3 is 1. The Labute approximate surface area is 173 Å². The van der Waals surface area contributed by atoms with Gasteiger partial charge in [0.05, 0.1) is 18.6 Å². The van der Waals surface area contributed by atoms with Crippen molar-refractivity contribution >= 4 is 23.4 Å². The van der Waals surface area contributed by atoms with Crippen molar-refractivity contribution in [3.05, 3.63) is 46.3 Å². The van der Waals surface area contributed by atoms with Crippen molar-refractivity contribution < 1.29 is 19.2 Å². The third-order valence-electron chi connectivity index (χ3n) is 4.71. The number of hydrogen-bond donors (Lipinski definition) is 1. The SMILES string of the molecule is CCOC(=O)N1CCN(c2ncnc(NCc3ccc(OC)cc3)c2[N+](=O)[O-])CC1. The minimum atomic E-state index is -0.483. The van der Waals surface area contributed by atoms with E-state index >= 15 is 0 Å². The lowest BCUT2D eigenvalue weighted by Crippen LogP contribution is -2.49. The monoisotopic (exact) mass is 416 g/mol. The predicted octanol–water partition coefficient (Wildman–Crippen LogP) is 2.28. The molecule has 1 aromatic carbocycles. The summed E-state index contributed by atoms with van der Waals surface area (Å²) in [7, 11) is 1.59. The van der Waals surface area contributed by atoms with Crippen LogP contribution in [0.15, 0.2) is 30.6 Å². The molecule has 3 rings (SSSR count). The Morgan fingerprint density at radius 1 is 1.20 bits per heavy atom. The molecule has 0 saturated carbocycles. The molecule has 1 amide bonds. The third kappa shape index (κ3) is 4.85. The molecular formula is C19H24N6O5. The van der Waals surface area contributed by atoms with E-state index in [4.69, 9.17) is 9.47 Å². The summed E-state index contributed by atoms with van der Waals surface area (Å²) >= 11 is 0. The van der Waals surface area contributed by atoms with E-state index in [-0.39, 0.29) is 23.4 Å². The van der Waals surface area contributed by atoms with Gasteiger partial charge in [-0.3, -0.25) is 10.1 Å². The van der Waals surface area contributed by atoms with Gasteiger partial charge in [0, 0.05) is 32.7 Å². The van der Waals surface area contributed by atoms with E-state index in [0.717, 1.165) is 11.3 Å². The molecule has 0 bridgehead atoms. The van der Waals surface area contributed by atoms with Crippen molar-refractivity contribution in [2.75, 3.05) is 50.1 Å². The number of nitrogens with zero attached hydrogens (tertiary/aromatic N) is 5. The van der Waals surface area contributed by atoms with Crippen LogP contribution in [0.25, 0.3) is 0 Å². The van der Waals surface area contributed by atoms with Gasteiger partial charge in [-0.1, -0.05) is 12.1 Å². The van der Waals surface area contributed by atoms with Gasteiger partial charge in [-0.25, -0.2) is 14.8 Å². The molecule has 2 heterocycles. The number of ether oxygens (including phenoxy) is 2. The summed E-state index contributed by atoms with van der Waals surface area (Å²) in [6.45, 7) is 4.03. The molecule has 30 heavy (non-hydrogen) atoms. The van der Waals surface area contributed by atoms with E-state index in [9.17, 15) is 14.9 Å². The van der Waals surface area contributed by atoms with Crippen LogP contribution in [0, 0.1) is 10.1 Å². The molecule has 11 heteroatoms. The van der Waals surface area contributed by atoms with E-state index in [1.54, 1.807) is 23.8 Å². The van der Waals surface area contributed by atoms with Crippen LogP contribution in [0.2, 0.25) is 0 Å². The Morgan fingerprint density at radius 3 is 2.50 bits per heavy atom. The number of piperazine rings is 1.